The molecule has 0 aliphatic heterocycles. The number of para-hydroxylation sites is 1. The zero-order chi connectivity index (χ0) is 6.69. The van der Waals surface area contributed by atoms with Gasteiger partial charge in [-0.2, -0.15) is 18.2 Å². The van der Waals surface area contributed by atoms with Crippen molar-refractivity contribution in [3.63, 3.8) is 0 Å². The topological polar surface area (TPSA) is 43.1 Å². The van der Waals surface area contributed by atoms with Crippen LogP contribution in [0.5, 0.6) is 0 Å². The molecule has 0 aromatic heterocycles. The molecule has 1 rings (SSSR count). The van der Waals surface area contributed by atoms with Crippen molar-refractivity contribution in [2.45, 2.75) is 0 Å². The molecule has 0 aliphatic carbocycles. The summed E-state index contributed by atoms with van der Waals surface area (Å²) in [6, 6.07) is 8.68. The van der Waals surface area contributed by atoms with Gasteiger partial charge in [0.25, 0.3) is 0 Å². The fourth-order valence-electron chi connectivity index (χ4n) is 0.497. The van der Waals surface area contributed by atoms with E-state index in [2.05, 4.69) is 6.07 Å². The first kappa shape index (κ1) is 69.8. The van der Waals surface area contributed by atoms with Crippen molar-refractivity contribution in [1.29, 1.82) is 0 Å². The summed E-state index contributed by atoms with van der Waals surface area (Å²) in [6.07, 6.45) is 0. The number of hydrogen-bond donors (Lipinski definition) is 0. The first-order chi connectivity index (χ1) is 4.30. The van der Waals surface area contributed by atoms with Crippen LogP contribution in [0, 0.1) is 16.2 Å². The third-order valence-corrected chi connectivity index (χ3v) is 0.889. The Bertz CT molecular complexity index is 227. The second-order valence-electron chi connectivity index (χ2n) is 1.50. The van der Waals surface area contributed by atoms with Crippen molar-refractivity contribution >= 4 is 5.69 Å². The molecule has 0 saturated heterocycles. The van der Waals surface area contributed by atoms with E-state index in [9.17, 15) is 10.1 Å². The van der Waals surface area contributed by atoms with Gasteiger partial charge in [-0.1, -0.05) is 6.07 Å². The number of nitrogens with zero attached hydrogens (tertiary/aromatic N) is 1. The van der Waals surface area contributed by atoms with Crippen LogP contribution in [0.1, 0.15) is 0 Å². The van der Waals surface area contributed by atoms with E-state index in [1.807, 2.05) is 0 Å². The SMILES string of the molecule is O=[N+]([O-])c1[c-]cccc1.[Y].[Y].[Y].[Y].[Y].[Y].[Y].[Y].[Y].[Y].[Y]. The summed E-state index contributed by atoms with van der Waals surface area (Å²) in [7, 11) is 0. The van der Waals surface area contributed by atoms with E-state index in [0.29, 0.717) is 0 Å². The molecular weight excluding hydrogens is 1100 g/mol. The van der Waals surface area contributed by atoms with Gasteiger partial charge in [-0.15, -0.1) is 6.07 Å². The molecule has 14 heteroatoms. The number of rotatable bonds is 1. The predicted molar refractivity (Wildman–Crippen MR) is 31.9 cm³/mol. The maximum absolute atomic E-state index is 9.98. The van der Waals surface area contributed by atoms with Crippen LogP contribution in [0.25, 0.3) is 0 Å². The molecule has 0 saturated carbocycles. The fraction of sp³-hybridized carbons (Fsp3) is 0. The molecule has 0 N–H and O–H groups in total. The van der Waals surface area contributed by atoms with Gasteiger partial charge in [-0.25, -0.2) is 0 Å². The van der Waals surface area contributed by atoms with Crippen molar-refractivity contribution in [2.24, 2.45) is 0 Å². The molecule has 0 aliphatic rings. The largest absolute Gasteiger partial charge is 0.260 e. The van der Waals surface area contributed by atoms with Gasteiger partial charge in [0.2, 0.25) is 0 Å². The van der Waals surface area contributed by atoms with Gasteiger partial charge >= 0.3 is 0 Å². The summed E-state index contributed by atoms with van der Waals surface area (Å²) in [5.41, 5.74) is 0.0116. The molecule has 1 aromatic carbocycles. The van der Waals surface area contributed by atoms with Gasteiger partial charge < -0.3 is 0 Å². The molecule has 0 bridgehead atoms. The second kappa shape index (κ2) is 52.0. The third-order valence-electron chi connectivity index (χ3n) is 0.889. The first-order valence-electron chi connectivity index (χ1n) is 2.42. The van der Waals surface area contributed by atoms with Crippen LogP contribution in [0.4, 0.5) is 5.69 Å². The standard InChI is InChI=1S/C6H4NO2.11Y/c8-7(9)6-4-2-1-3-5-6;;;;;;;;;;;/h1-4H;;;;;;;;;;;/q-1;;;;;;;;;;;. The average molecular weight is 1100 g/mol. The van der Waals surface area contributed by atoms with Gasteiger partial charge in [-0.05, 0) is 0 Å². The van der Waals surface area contributed by atoms with Crippen molar-refractivity contribution in [3.05, 3.63) is 40.4 Å². The molecule has 0 spiro atoms. The van der Waals surface area contributed by atoms with Crippen LogP contribution in [0.15, 0.2) is 24.3 Å². The van der Waals surface area contributed by atoms with Crippen LogP contribution < -0.4 is 0 Å². The van der Waals surface area contributed by atoms with Gasteiger partial charge in [0.05, 0.1) is 0 Å². The Balaban J connectivity index is -0.00000000818. The van der Waals surface area contributed by atoms with Gasteiger partial charge in [-0.3, -0.25) is 10.1 Å². The average Bonchev–Trinajstić information content (AvgIpc) is 1.90. The van der Waals surface area contributed by atoms with E-state index in [0.717, 1.165) is 0 Å². The Labute approximate surface area is 397 Å². The first-order valence-corrected chi connectivity index (χ1v) is 2.42. The van der Waals surface area contributed by atoms with Crippen molar-refractivity contribution < 1.29 is 365 Å². The minimum atomic E-state index is -0.472. The number of nitro benzene ring substituents is 1. The van der Waals surface area contributed by atoms with E-state index in [1.165, 1.54) is 12.1 Å². The van der Waals surface area contributed by atoms with Crippen LogP contribution >= 0.6 is 0 Å². The number of nitro groups is 1. The van der Waals surface area contributed by atoms with Crippen LogP contribution in [0.2, 0.25) is 0 Å². The Morgan fingerprint density at radius 2 is 1.10 bits per heavy atom. The molecule has 20 heavy (non-hydrogen) atoms. The Kier molecular flexibility index (Phi) is 181. The fourth-order valence-corrected chi connectivity index (χ4v) is 0.497. The maximum Gasteiger partial charge on any atom is 0.162 e. The van der Waals surface area contributed by atoms with E-state index < -0.39 is 4.92 Å². The molecule has 11 radical (unpaired) electrons. The van der Waals surface area contributed by atoms with E-state index in [-0.39, 0.29) is 365 Å². The van der Waals surface area contributed by atoms with Gasteiger partial charge in [0.15, 0.2) is 5.69 Å². The number of non-ortho nitro benzene ring substituents is 1. The second-order valence-corrected chi connectivity index (χ2v) is 1.50. The zero-order valence-corrected chi connectivity index (χ0v) is 42.1. The van der Waals surface area contributed by atoms with E-state index in [4.69, 9.17) is 0 Å². The Morgan fingerprint density at radius 3 is 1.25 bits per heavy atom. The molecule has 0 fully saturated rings. The zero-order valence-electron chi connectivity index (χ0n) is 10.9. The third kappa shape index (κ3) is 42.8. The minimum Gasteiger partial charge on any atom is -0.260 e. The summed E-state index contributed by atoms with van der Waals surface area (Å²) in [5, 5.41) is 9.98. The quantitative estimate of drug-likeness (QED) is 0.243. The molecule has 0 unspecified atom stereocenters. The minimum absolute atomic E-state index is 0. The molecule has 79 valence electrons. The van der Waals surface area contributed by atoms with Crippen LogP contribution in [-0.4, -0.2) is 4.92 Å². The van der Waals surface area contributed by atoms with E-state index >= 15 is 0 Å². The van der Waals surface area contributed by atoms with Crippen LogP contribution in [0.3, 0.4) is 0 Å². The van der Waals surface area contributed by atoms with Crippen molar-refractivity contribution in [3.8, 4) is 0 Å². The monoisotopic (exact) mass is 1100 g/mol. The summed E-state index contributed by atoms with van der Waals surface area (Å²) < 4.78 is 0. The van der Waals surface area contributed by atoms with Crippen molar-refractivity contribution in [1.82, 2.24) is 0 Å². The number of benzene rings is 1. The molecule has 0 heterocycles. The molecular formula is C6H4NO2Y11-. The van der Waals surface area contributed by atoms with E-state index in [1.54, 1.807) is 12.1 Å². The predicted octanol–water partition coefficient (Wildman–Crippen LogP) is 1.37. The normalized spacial score (nSPS) is 4.00. The maximum atomic E-state index is 9.98. The number of hydrogen-bond acceptors (Lipinski definition) is 2. The summed E-state index contributed by atoms with van der Waals surface area (Å²) in [5.74, 6) is 0. The molecule has 1 aromatic rings. The molecule has 0 amide bonds. The Hall–Kier alpha value is 10.8. The smallest absolute Gasteiger partial charge is 0.162 e. The van der Waals surface area contributed by atoms with Crippen LogP contribution in [-0.2, 0) is 360 Å². The molecule has 3 nitrogen and oxygen atoms in total. The van der Waals surface area contributed by atoms with Gasteiger partial charge in [0.1, 0.15) is 0 Å². The Morgan fingerprint density at radius 1 is 0.750 bits per heavy atom. The summed E-state index contributed by atoms with van der Waals surface area (Å²) in [6.45, 7) is 0. The summed E-state index contributed by atoms with van der Waals surface area (Å²) in [4.78, 5) is 9.50. The summed E-state index contributed by atoms with van der Waals surface area (Å²) >= 11 is 0. The van der Waals surface area contributed by atoms with Crippen molar-refractivity contribution in [2.75, 3.05) is 0 Å². The van der Waals surface area contributed by atoms with Gasteiger partial charge in [0, 0.05) is 365 Å². The molecule has 0 atom stereocenters.